The van der Waals surface area contributed by atoms with Gasteiger partial charge in [-0.05, 0) is 153 Å². The highest BCUT2D eigenvalue weighted by atomic mass is 16.8. The molecule has 0 aromatic heterocycles. The maximum Gasteiger partial charge on any atom is 0.338 e. The summed E-state index contributed by atoms with van der Waals surface area (Å²) in [6.07, 6.45) is -10.4. The fourth-order valence-electron chi connectivity index (χ4n) is 23.9. The molecule has 0 bridgehead atoms. The van der Waals surface area contributed by atoms with Gasteiger partial charge >= 0.3 is 11.9 Å². The fourth-order valence-corrected chi connectivity index (χ4v) is 23.9. The number of carbonyl (C=O) groups excluding carboxylic acids is 2. The summed E-state index contributed by atoms with van der Waals surface area (Å²) in [6, 6.07) is 98.8. The molecule has 3 aliphatic heterocycles. The maximum atomic E-state index is 16.5. The van der Waals surface area contributed by atoms with Crippen LogP contribution in [0.15, 0.2) is 315 Å². The van der Waals surface area contributed by atoms with Crippen molar-refractivity contribution in [2.24, 2.45) is 50.2 Å². The molecule has 3 heterocycles. The SMILES string of the molecule is CC1(C)CC[C@]2(C(=O)O)C(OCc3ccccc3)CC3(C)C(=CCC4C5(C)CC[C@H](O[C@@H]6OC(C(=O)OCc7ccccc7)[C@@H](OCc7ccccc7)C(O[C@@H]7OC[C@@H](OCc8ccccc8)C(OCc8ccccc8)C7OCc7ccccc7)C6O[C@@H]6OC(COCc7ccccc7)[C@H](OCc7ccccc7)C(OCc7ccccc7)C6OCc6ccccc6)C(C)(C=O)C5CCC43C)C2C1. The van der Waals surface area contributed by atoms with E-state index in [1.807, 2.05) is 298 Å². The quantitative estimate of drug-likeness (QED) is 0.0164. The van der Waals surface area contributed by atoms with Gasteiger partial charge in [0.05, 0.1) is 90.3 Å². The van der Waals surface area contributed by atoms with Crippen LogP contribution in [-0.2, 0) is 156 Å². The number of carboxylic acid groups (broad SMARTS) is 1. The van der Waals surface area contributed by atoms with E-state index in [2.05, 4.69) is 52.8 Å². The van der Waals surface area contributed by atoms with Crippen molar-refractivity contribution in [3.63, 3.8) is 0 Å². The molecule has 7 fully saturated rings. The Hall–Kier alpha value is -10.1. The highest BCUT2D eigenvalue weighted by Gasteiger charge is 2.73. The molecule has 3 saturated heterocycles. The van der Waals surface area contributed by atoms with E-state index >= 15 is 9.59 Å². The van der Waals surface area contributed by atoms with Gasteiger partial charge in [-0.15, -0.1) is 0 Å². The average Bonchev–Trinajstić information content (AvgIpc) is 0.668. The van der Waals surface area contributed by atoms with Gasteiger partial charge in [-0.25, -0.2) is 4.79 Å². The molecule has 18 rings (SSSR count). The molecular weight excluding hydrogens is 1730 g/mol. The molecule has 1 N–H and O–H groups in total. The lowest BCUT2D eigenvalue weighted by Crippen LogP contribution is -2.70. The summed E-state index contributed by atoms with van der Waals surface area (Å²) in [5, 5.41) is 11.9. The second-order valence-electron chi connectivity index (χ2n) is 40.6. The van der Waals surface area contributed by atoms with Crippen molar-refractivity contribution in [1.29, 1.82) is 0 Å². The smallest absolute Gasteiger partial charge is 0.338 e. The van der Waals surface area contributed by atoms with Gasteiger partial charge in [0.25, 0.3) is 0 Å². The number of rotatable bonds is 39. The molecule has 20 nitrogen and oxygen atoms in total. The van der Waals surface area contributed by atoms with Crippen molar-refractivity contribution < 1.29 is 95.3 Å². The predicted molar refractivity (Wildman–Crippen MR) is 517 cm³/mol. The van der Waals surface area contributed by atoms with Gasteiger partial charge in [-0.3, -0.25) is 4.79 Å². The molecule has 10 aromatic carbocycles. The first kappa shape index (κ1) is 97.2. The largest absolute Gasteiger partial charge is 0.481 e. The molecule has 8 aliphatic rings. The van der Waals surface area contributed by atoms with Crippen LogP contribution in [-0.4, -0.2) is 135 Å². The number of carboxylic acids is 1. The Morgan fingerprint density at radius 3 is 1.26 bits per heavy atom. The van der Waals surface area contributed by atoms with Crippen LogP contribution in [0.4, 0.5) is 0 Å². The van der Waals surface area contributed by atoms with E-state index < -0.39 is 137 Å². The van der Waals surface area contributed by atoms with E-state index in [9.17, 15) is 9.90 Å². The van der Waals surface area contributed by atoms with Crippen LogP contribution >= 0.6 is 0 Å². The molecule has 10 aromatic rings. The van der Waals surface area contributed by atoms with E-state index in [0.29, 0.717) is 50.5 Å². The number of aldehydes is 1. The molecule has 4 saturated carbocycles. The van der Waals surface area contributed by atoms with Gasteiger partial charge in [0.15, 0.2) is 25.0 Å². The summed E-state index contributed by atoms with van der Waals surface area (Å²) < 4.78 is 119. The minimum atomic E-state index is -1.69. The van der Waals surface area contributed by atoms with Crippen LogP contribution in [0.1, 0.15) is 155 Å². The lowest BCUT2D eigenvalue weighted by Gasteiger charge is -2.71. The average molecular weight is 1860 g/mol. The molecule has 24 atom stereocenters. The standard InChI is InChI=1S/C117H132O20/c1-112(2)63-64-117(111(120)121)91(65-112)90-57-58-95-113(3)61-60-96(114(4,79-118)94(113)59-62-115(95,5)116(90,6)66-97(117)124-69-82-41-21-9-22-42-82)134-110-106(137-109-105(130-75-88-53-33-15-34-54-88)100(127-72-85-47-27-12-28-48-85)99(126-71-84-45-25-11-26-46-84)93(133-109)77-122-67-80-37-17-7-18-38-80)102(101(128-73-86-49-29-13-30-50-86)103(136-110)107(119)131-76-89-55-35-16-36-56-89)135-108-104(129-74-87-51-31-14-32-52-87)98(125-70-83-43-23-10-24-44-83)92(78-132-108)123-68-81-39-19-8-20-40-81/h7-57,79,91-106,108-110H,58-78H2,1-6H3,(H,120,121)/t91?,92-,93?,94?,95?,96+,97?,98?,99+,100?,101+,102?,103?,104?,105?,106?,108+,109+,110-,113?,114?,115?,116?,117-/m1/s1. The first-order valence-corrected chi connectivity index (χ1v) is 49.1. The number of allylic oxidation sites excluding steroid dienone is 2. The third-order valence-corrected chi connectivity index (χ3v) is 31.5. The van der Waals surface area contributed by atoms with Crippen LogP contribution in [0.3, 0.4) is 0 Å². The number of carbonyl (C=O) groups is 3. The van der Waals surface area contributed by atoms with Crippen LogP contribution in [0.25, 0.3) is 0 Å². The van der Waals surface area contributed by atoms with Crippen molar-refractivity contribution >= 4 is 18.2 Å². The Balaban J connectivity index is 0.789. The molecule has 20 heteroatoms. The normalized spacial score (nSPS) is 32.2. The van der Waals surface area contributed by atoms with Crippen molar-refractivity contribution in [1.82, 2.24) is 0 Å². The summed E-state index contributed by atoms with van der Waals surface area (Å²) in [7, 11) is 0. The monoisotopic (exact) mass is 1860 g/mol. The number of hydrogen-bond acceptors (Lipinski definition) is 19. The van der Waals surface area contributed by atoms with Crippen LogP contribution in [0, 0.1) is 50.2 Å². The van der Waals surface area contributed by atoms with E-state index in [1.54, 1.807) is 0 Å². The third-order valence-electron chi connectivity index (χ3n) is 31.5. The van der Waals surface area contributed by atoms with Crippen LogP contribution in [0.2, 0.25) is 0 Å². The van der Waals surface area contributed by atoms with Crippen molar-refractivity contribution in [3.8, 4) is 0 Å². The number of benzene rings is 10. The molecule has 16 unspecified atom stereocenters. The van der Waals surface area contributed by atoms with E-state index in [-0.39, 0.29) is 102 Å². The van der Waals surface area contributed by atoms with Crippen LogP contribution in [0.5, 0.6) is 0 Å². The Labute approximate surface area is 806 Å². The molecule has 0 amide bonds. The fraction of sp³-hybridized carbons (Fsp3) is 0.444. The van der Waals surface area contributed by atoms with Gasteiger partial charge < -0.3 is 85.7 Å². The molecule has 137 heavy (non-hydrogen) atoms. The highest BCUT2D eigenvalue weighted by molar-refractivity contribution is 5.78. The number of fused-ring (bicyclic) bond motifs is 7. The van der Waals surface area contributed by atoms with Gasteiger partial charge in [-0.2, -0.15) is 0 Å². The van der Waals surface area contributed by atoms with Crippen molar-refractivity contribution in [2.45, 2.75) is 264 Å². The van der Waals surface area contributed by atoms with Gasteiger partial charge in [0, 0.05) is 0 Å². The molecular formula is C117H132O20. The number of ether oxygens (including phenoxy) is 16. The van der Waals surface area contributed by atoms with Crippen molar-refractivity contribution in [2.75, 3.05) is 13.2 Å². The summed E-state index contributed by atoms with van der Waals surface area (Å²) >= 11 is 0. The molecule has 0 spiro atoms. The first-order chi connectivity index (χ1) is 66.8. The zero-order valence-corrected chi connectivity index (χ0v) is 79.5. The summed E-state index contributed by atoms with van der Waals surface area (Å²) in [4.78, 5) is 46.7. The lowest BCUT2D eigenvalue weighted by molar-refractivity contribution is -0.402. The van der Waals surface area contributed by atoms with Gasteiger partial charge in [-0.1, -0.05) is 357 Å². The molecule has 720 valence electrons. The minimum absolute atomic E-state index is 0.00679. The Morgan fingerprint density at radius 2 is 0.788 bits per heavy atom. The molecule has 0 radical (unpaired) electrons. The number of hydrogen-bond donors (Lipinski definition) is 1. The zero-order valence-electron chi connectivity index (χ0n) is 79.5. The van der Waals surface area contributed by atoms with E-state index in [4.69, 9.17) is 75.8 Å². The highest BCUT2D eigenvalue weighted by Crippen LogP contribution is 2.76. The minimum Gasteiger partial charge on any atom is -0.481 e. The molecule has 5 aliphatic carbocycles. The maximum absolute atomic E-state index is 16.5. The summed E-state index contributed by atoms with van der Waals surface area (Å²) in [5.74, 6) is -2.17. The lowest BCUT2D eigenvalue weighted by atomic mass is 9.33. The number of esters is 1. The zero-order chi connectivity index (χ0) is 94.4. The first-order valence-electron chi connectivity index (χ1n) is 49.1. The van der Waals surface area contributed by atoms with Gasteiger partial charge in [0.2, 0.25) is 0 Å². The predicted octanol–water partition coefficient (Wildman–Crippen LogP) is 21.3. The van der Waals surface area contributed by atoms with E-state index in [0.717, 1.165) is 69.2 Å². The third kappa shape index (κ3) is 21.8. The summed E-state index contributed by atoms with van der Waals surface area (Å²) in [5.41, 5.74) is 5.97. The topological polar surface area (TPSA) is 219 Å². The van der Waals surface area contributed by atoms with E-state index in [1.165, 1.54) is 5.57 Å². The second-order valence-corrected chi connectivity index (χ2v) is 40.6. The second kappa shape index (κ2) is 44.2. The Morgan fingerprint density at radius 1 is 0.380 bits per heavy atom. The Bertz CT molecular complexity index is 5500. The summed E-state index contributed by atoms with van der Waals surface area (Å²) in [6.45, 7) is 14.7. The number of aliphatic carboxylic acids is 1. The van der Waals surface area contributed by atoms with Crippen molar-refractivity contribution in [3.05, 3.63) is 371 Å². The van der Waals surface area contributed by atoms with Gasteiger partial charge in [0.1, 0.15) is 79.3 Å². The Kier molecular flexibility index (Phi) is 31.3. The van der Waals surface area contributed by atoms with Crippen LogP contribution < -0.4 is 0 Å².